The average molecular weight is 279 g/mol. The van der Waals surface area contributed by atoms with Crippen molar-refractivity contribution in [3.63, 3.8) is 0 Å². The lowest BCUT2D eigenvalue weighted by Gasteiger charge is -2.18. The first kappa shape index (κ1) is 13.8. The van der Waals surface area contributed by atoms with E-state index in [9.17, 15) is 0 Å². The molecule has 0 saturated heterocycles. The van der Waals surface area contributed by atoms with E-state index < -0.39 is 0 Å². The van der Waals surface area contributed by atoms with Gasteiger partial charge in [0, 0.05) is 12.6 Å². The number of aromatic nitrogens is 3. The summed E-state index contributed by atoms with van der Waals surface area (Å²) in [5.41, 5.74) is 3.43. The Bertz CT molecular complexity index is 736. The summed E-state index contributed by atoms with van der Waals surface area (Å²) in [4.78, 5) is 9.32. The molecule has 0 atom stereocenters. The molecule has 0 aliphatic heterocycles. The SMILES string of the molecule is CC(C)(C)Cc1nc2cccnc2n1Cc1ccccc1. The van der Waals surface area contributed by atoms with Crippen LogP contribution in [0.5, 0.6) is 0 Å². The van der Waals surface area contributed by atoms with Crippen molar-refractivity contribution < 1.29 is 0 Å². The molecule has 0 radical (unpaired) electrons. The fraction of sp³-hybridized carbons (Fsp3) is 0.333. The van der Waals surface area contributed by atoms with Gasteiger partial charge in [-0.05, 0) is 23.1 Å². The van der Waals surface area contributed by atoms with Crippen molar-refractivity contribution in [2.45, 2.75) is 33.7 Å². The van der Waals surface area contributed by atoms with Gasteiger partial charge in [0.05, 0.1) is 6.54 Å². The van der Waals surface area contributed by atoms with Crippen LogP contribution in [-0.2, 0) is 13.0 Å². The van der Waals surface area contributed by atoms with Crippen molar-refractivity contribution in [2.24, 2.45) is 5.41 Å². The summed E-state index contributed by atoms with van der Waals surface area (Å²) in [5, 5.41) is 0. The van der Waals surface area contributed by atoms with E-state index in [2.05, 4.69) is 54.6 Å². The standard InChI is InChI=1S/C18H21N3/c1-18(2,3)12-16-20-15-10-7-11-19-17(15)21(16)13-14-8-5-4-6-9-14/h4-11H,12-13H2,1-3H3. The van der Waals surface area contributed by atoms with Crippen LogP contribution in [0.1, 0.15) is 32.2 Å². The van der Waals surface area contributed by atoms with Crippen LogP contribution in [0, 0.1) is 5.41 Å². The molecular formula is C18H21N3. The zero-order valence-electron chi connectivity index (χ0n) is 12.9. The molecule has 2 aromatic heterocycles. The first-order valence-corrected chi connectivity index (χ1v) is 7.37. The summed E-state index contributed by atoms with van der Waals surface area (Å²) in [6, 6.07) is 14.5. The van der Waals surface area contributed by atoms with E-state index in [1.54, 1.807) is 0 Å². The molecule has 3 aromatic rings. The van der Waals surface area contributed by atoms with Gasteiger partial charge in [0.2, 0.25) is 0 Å². The maximum Gasteiger partial charge on any atom is 0.160 e. The molecule has 0 N–H and O–H groups in total. The molecule has 0 bridgehead atoms. The highest BCUT2D eigenvalue weighted by molar-refractivity contribution is 5.71. The normalized spacial score (nSPS) is 12.0. The summed E-state index contributed by atoms with van der Waals surface area (Å²) >= 11 is 0. The van der Waals surface area contributed by atoms with Gasteiger partial charge in [-0.2, -0.15) is 0 Å². The molecule has 0 saturated carbocycles. The summed E-state index contributed by atoms with van der Waals surface area (Å²) < 4.78 is 2.25. The van der Waals surface area contributed by atoms with Crippen molar-refractivity contribution in [3.8, 4) is 0 Å². The van der Waals surface area contributed by atoms with Crippen molar-refractivity contribution in [3.05, 3.63) is 60.0 Å². The minimum atomic E-state index is 0.204. The van der Waals surface area contributed by atoms with Gasteiger partial charge < -0.3 is 4.57 Å². The molecule has 0 fully saturated rings. The smallest absolute Gasteiger partial charge is 0.160 e. The molecule has 108 valence electrons. The Hall–Kier alpha value is -2.16. The number of hydrogen-bond acceptors (Lipinski definition) is 2. The molecule has 0 amide bonds. The van der Waals surface area contributed by atoms with E-state index in [0.717, 1.165) is 30.0 Å². The fourth-order valence-electron chi connectivity index (χ4n) is 2.55. The van der Waals surface area contributed by atoms with E-state index in [1.807, 2.05) is 24.4 Å². The second kappa shape index (κ2) is 5.32. The quantitative estimate of drug-likeness (QED) is 0.723. The van der Waals surface area contributed by atoms with Crippen LogP contribution in [0.4, 0.5) is 0 Å². The lowest BCUT2D eigenvalue weighted by Crippen LogP contribution is -2.15. The number of pyridine rings is 1. The van der Waals surface area contributed by atoms with E-state index in [4.69, 9.17) is 4.98 Å². The Kier molecular flexibility index (Phi) is 3.50. The molecule has 21 heavy (non-hydrogen) atoms. The highest BCUT2D eigenvalue weighted by atomic mass is 15.1. The van der Waals surface area contributed by atoms with E-state index >= 15 is 0 Å². The lowest BCUT2D eigenvalue weighted by molar-refractivity contribution is 0.394. The molecule has 3 rings (SSSR count). The van der Waals surface area contributed by atoms with Gasteiger partial charge in [0.25, 0.3) is 0 Å². The number of hydrogen-bond donors (Lipinski definition) is 0. The second-order valence-corrected chi connectivity index (χ2v) is 6.68. The summed E-state index contributed by atoms with van der Waals surface area (Å²) in [6.07, 6.45) is 2.78. The van der Waals surface area contributed by atoms with Gasteiger partial charge >= 0.3 is 0 Å². The summed E-state index contributed by atoms with van der Waals surface area (Å²) in [7, 11) is 0. The van der Waals surface area contributed by atoms with E-state index in [-0.39, 0.29) is 5.41 Å². The van der Waals surface area contributed by atoms with Crippen LogP contribution in [-0.4, -0.2) is 14.5 Å². The average Bonchev–Trinajstić information content (AvgIpc) is 2.76. The highest BCUT2D eigenvalue weighted by Crippen LogP contribution is 2.23. The molecular weight excluding hydrogens is 258 g/mol. The summed E-state index contributed by atoms with van der Waals surface area (Å²) in [6.45, 7) is 7.55. The third-order valence-corrected chi connectivity index (χ3v) is 3.45. The largest absolute Gasteiger partial charge is 0.308 e. The molecule has 3 heteroatoms. The van der Waals surface area contributed by atoms with Gasteiger partial charge in [-0.15, -0.1) is 0 Å². The zero-order valence-corrected chi connectivity index (χ0v) is 12.9. The Morgan fingerprint density at radius 3 is 2.48 bits per heavy atom. The summed E-state index contributed by atoms with van der Waals surface area (Å²) in [5.74, 6) is 1.11. The number of rotatable bonds is 3. The lowest BCUT2D eigenvalue weighted by atomic mass is 9.92. The number of nitrogens with zero attached hydrogens (tertiary/aromatic N) is 3. The molecule has 0 aliphatic rings. The topological polar surface area (TPSA) is 30.7 Å². The van der Waals surface area contributed by atoms with Crippen LogP contribution >= 0.6 is 0 Å². The Balaban J connectivity index is 2.07. The minimum Gasteiger partial charge on any atom is -0.308 e. The van der Waals surface area contributed by atoms with Gasteiger partial charge in [-0.1, -0.05) is 51.1 Å². The molecule has 0 aliphatic carbocycles. The molecule has 0 spiro atoms. The van der Waals surface area contributed by atoms with Gasteiger partial charge in [0.15, 0.2) is 5.65 Å². The van der Waals surface area contributed by atoms with Crippen LogP contribution in [0.3, 0.4) is 0 Å². The molecule has 1 aromatic carbocycles. The van der Waals surface area contributed by atoms with Crippen molar-refractivity contribution >= 4 is 11.2 Å². The zero-order chi connectivity index (χ0) is 14.9. The number of benzene rings is 1. The predicted molar refractivity (Wildman–Crippen MR) is 86.2 cm³/mol. The maximum atomic E-state index is 4.79. The monoisotopic (exact) mass is 279 g/mol. The van der Waals surface area contributed by atoms with Gasteiger partial charge in [0.1, 0.15) is 11.3 Å². The fourth-order valence-corrected chi connectivity index (χ4v) is 2.55. The number of imidazole rings is 1. The van der Waals surface area contributed by atoms with Crippen LogP contribution in [0.15, 0.2) is 48.7 Å². The van der Waals surface area contributed by atoms with Gasteiger partial charge in [-0.25, -0.2) is 9.97 Å². The molecule has 2 heterocycles. The van der Waals surface area contributed by atoms with E-state index in [0.29, 0.717) is 0 Å². The van der Waals surface area contributed by atoms with Crippen LogP contribution in [0.25, 0.3) is 11.2 Å². The van der Waals surface area contributed by atoms with Crippen LogP contribution < -0.4 is 0 Å². The molecule has 0 unspecified atom stereocenters. The van der Waals surface area contributed by atoms with Crippen molar-refractivity contribution in [2.75, 3.05) is 0 Å². The first-order valence-electron chi connectivity index (χ1n) is 7.37. The van der Waals surface area contributed by atoms with Crippen LogP contribution in [0.2, 0.25) is 0 Å². The Labute approximate surface area is 125 Å². The maximum absolute atomic E-state index is 4.79. The van der Waals surface area contributed by atoms with Crippen molar-refractivity contribution in [1.29, 1.82) is 0 Å². The third kappa shape index (κ3) is 3.13. The second-order valence-electron chi connectivity index (χ2n) is 6.68. The third-order valence-electron chi connectivity index (χ3n) is 3.45. The van der Waals surface area contributed by atoms with E-state index in [1.165, 1.54) is 5.56 Å². The Morgan fingerprint density at radius 2 is 1.76 bits per heavy atom. The van der Waals surface area contributed by atoms with Gasteiger partial charge in [-0.3, -0.25) is 0 Å². The number of fused-ring (bicyclic) bond motifs is 1. The van der Waals surface area contributed by atoms with Crippen molar-refractivity contribution in [1.82, 2.24) is 14.5 Å². The first-order chi connectivity index (χ1) is 10.0. The minimum absolute atomic E-state index is 0.204. The highest BCUT2D eigenvalue weighted by Gasteiger charge is 2.18. The Morgan fingerprint density at radius 1 is 1.00 bits per heavy atom. The molecule has 3 nitrogen and oxygen atoms in total. The predicted octanol–water partition coefficient (Wildman–Crippen LogP) is 4.07.